The van der Waals surface area contributed by atoms with Gasteiger partial charge in [0.2, 0.25) is 0 Å². The molecule has 0 saturated heterocycles. The molecule has 0 aromatic heterocycles. The standard InChI is InChI=1S/C11H23F3N2/c1-9(6-15-7-11(12,13)14)16(5)8-10(2,3)4/h9,15H,6-8H2,1-5H3. The van der Waals surface area contributed by atoms with E-state index in [1.54, 1.807) is 0 Å². The average Bonchev–Trinajstić information content (AvgIpc) is 1.98. The summed E-state index contributed by atoms with van der Waals surface area (Å²) in [5, 5.41) is 2.43. The second-order valence-corrected chi connectivity index (χ2v) is 5.57. The number of nitrogens with one attached hydrogen (secondary N) is 1. The lowest BCUT2D eigenvalue weighted by atomic mass is 9.96. The first-order valence-corrected chi connectivity index (χ1v) is 5.49. The predicted molar refractivity (Wildman–Crippen MR) is 60.5 cm³/mol. The lowest BCUT2D eigenvalue weighted by molar-refractivity contribution is -0.125. The van der Waals surface area contributed by atoms with Gasteiger partial charge in [-0.1, -0.05) is 20.8 Å². The van der Waals surface area contributed by atoms with E-state index in [9.17, 15) is 13.2 Å². The highest BCUT2D eigenvalue weighted by Gasteiger charge is 2.26. The van der Waals surface area contributed by atoms with Crippen molar-refractivity contribution in [3.8, 4) is 0 Å². The number of nitrogens with zero attached hydrogens (tertiary/aromatic N) is 1. The fourth-order valence-corrected chi connectivity index (χ4v) is 1.48. The molecule has 0 aromatic carbocycles. The number of rotatable bonds is 5. The van der Waals surface area contributed by atoms with E-state index < -0.39 is 12.7 Å². The van der Waals surface area contributed by atoms with Crippen LogP contribution in [0.3, 0.4) is 0 Å². The molecule has 0 aromatic rings. The molecule has 16 heavy (non-hydrogen) atoms. The van der Waals surface area contributed by atoms with Gasteiger partial charge in [-0.05, 0) is 19.4 Å². The van der Waals surface area contributed by atoms with Crippen molar-refractivity contribution in [1.29, 1.82) is 0 Å². The first kappa shape index (κ1) is 15.7. The molecule has 0 aliphatic carbocycles. The topological polar surface area (TPSA) is 15.3 Å². The van der Waals surface area contributed by atoms with Gasteiger partial charge < -0.3 is 10.2 Å². The minimum absolute atomic E-state index is 0.0987. The lowest BCUT2D eigenvalue weighted by Crippen LogP contribution is -2.43. The monoisotopic (exact) mass is 240 g/mol. The Morgan fingerprint density at radius 3 is 2.06 bits per heavy atom. The molecule has 5 heteroatoms. The highest BCUT2D eigenvalue weighted by Crippen LogP contribution is 2.16. The molecule has 0 amide bonds. The summed E-state index contributed by atoms with van der Waals surface area (Å²) in [6.45, 7) is 8.56. The van der Waals surface area contributed by atoms with Crippen molar-refractivity contribution in [2.75, 3.05) is 26.7 Å². The van der Waals surface area contributed by atoms with Gasteiger partial charge >= 0.3 is 6.18 Å². The van der Waals surface area contributed by atoms with Crippen LogP contribution in [-0.4, -0.2) is 43.8 Å². The number of hydrogen-bond donors (Lipinski definition) is 1. The van der Waals surface area contributed by atoms with E-state index in [1.165, 1.54) is 0 Å². The molecule has 2 nitrogen and oxygen atoms in total. The van der Waals surface area contributed by atoms with E-state index >= 15 is 0 Å². The fourth-order valence-electron chi connectivity index (χ4n) is 1.48. The van der Waals surface area contributed by atoms with Crippen LogP contribution in [0.1, 0.15) is 27.7 Å². The fraction of sp³-hybridized carbons (Fsp3) is 1.00. The molecule has 1 atom stereocenters. The summed E-state index contributed by atoms with van der Waals surface area (Å²) in [4.78, 5) is 2.07. The van der Waals surface area contributed by atoms with Crippen molar-refractivity contribution in [3.05, 3.63) is 0 Å². The molecule has 0 bridgehead atoms. The van der Waals surface area contributed by atoms with Gasteiger partial charge in [-0.15, -0.1) is 0 Å². The SMILES string of the molecule is CC(CNCC(F)(F)F)N(C)CC(C)(C)C. The summed E-state index contributed by atoms with van der Waals surface area (Å²) >= 11 is 0. The van der Waals surface area contributed by atoms with E-state index in [4.69, 9.17) is 0 Å². The third-order valence-electron chi connectivity index (χ3n) is 2.24. The van der Waals surface area contributed by atoms with Crippen molar-refractivity contribution >= 4 is 0 Å². The predicted octanol–water partition coefficient (Wildman–Crippen LogP) is 2.50. The average molecular weight is 240 g/mol. The molecular weight excluding hydrogens is 217 g/mol. The first-order chi connectivity index (χ1) is 7.01. The van der Waals surface area contributed by atoms with Crippen LogP contribution < -0.4 is 5.32 Å². The Morgan fingerprint density at radius 1 is 1.19 bits per heavy atom. The maximum Gasteiger partial charge on any atom is 0.401 e. The van der Waals surface area contributed by atoms with Crippen molar-refractivity contribution in [2.45, 2.75) is 39.9 Å². The largest absolute Gasteiger partial charge is 0.401 e. The number of hydrogen-bond acceptors (Lipinski definition) is 2. The summed E-state index contributed by atoms with van der Waals surface area (Å²) in [6.07, 6.45) is -4.12. The normalized spacial score (nSPS) is 15.6. The molecule has 0 saturated carbocycles. The maximum atomic E-state index is 11.9. The van der Waals surface area contributed by atoms with Crippen LogP contribution in [0.4, 0.5) is 13.2 Å². The number of likely N-dealkylation sites (N-methyl/N-ethyl adjacent to an activating group) is 1. The van der Waals surface area contributed by atoms with Gasteiger partial charge in [0.1, 0.15) is 0 Å². The van der Waals surface area contributed by atoms with E-state index in [0.29, 0.717) is 6.54 Å². The second kappa shape index (κ2) is 5.87. The molecule has 0 fully saturated rings. The Hall–Kier alpha value is -0.290. The van der Waals surface area contributed by atoms with Crippen LogP contribution in [0.2, 0.25) is 0 Å². The smallest absolute Gasteiger partial charge is 0.307 e. The number of halogens is 3. The minimum atomic E-state index is -4.12. The van der Waals surface area contributed by atoms with Crippen molar-refractivity contribution in [3.63, 3.8) is 0 Å². The summed E-state index contributed by atoms with van der Waals surface area (Å²) < 4.78 is 35.7. The second-order valence-electron chi connectivity index (χ2n) is 5.57. The molecular formula is C11H23F3N2. The lowest BCUT2D eigenvalue weighted by Gasteiger charge is -2.31. The maximum absolute atomic E-state index is 11.9. The zero-order chi connectivity index (χ0) is 13.0. The highest BCUT2D eigenvalue weighted by molar-refractivity contribution is 4.73. The van der Waals surface area contributed by atoms with Crippen LogP contribution in [0.25, 0.3) is 0 Å². The van der Waals surface area contributed by atoms with E-state index in [0.717, 1.165) is 6.54 Å². The quantitative estimate of drug-likeness (QED) is 0.794. The minimum Gasteiger partial charge on any atom is -0.307 e. The first-order valence-electron chi connectivity index (χ1n) is 5.49. The van der Waals surface area contributed by atoms with Crippen LogP contribution in [0, 0.1) is 5.41 Å². The Kier molecular flexibility index (Phi) is 5.76. The molecule has 0 heterocycles. The molecule has 0 rings (SSSR count). The molecule has 1 N–H and O–H groups in total. The Labute approximate surface area is 96.2 Å². The molecule has 0 aliphatic heterocycles. The van der Waals surface area contributed by atoms with Crippen LogP contribution in [0.15, 0.2) is 0 Å². The van der Waals surface area contributed by atoms with E-state index in [-0.39, 0.29) is 11.5 Å². The van der Waals surface area contributed by atoms with Gasteiger partial charge in [0.25, 0.3) is 0 Å². The number of alkyl halides is 3. The molecule has 98 valence electrons. The Bertz CT molecular complexity index is 196. The molecule has 1 unspecified atom stereocenters. The van der Waals surface area contributed by atoms with Gasteiger partial charge in [-0.25, -0.2) is 0 Å². The molecule has 0 radical (unpaired) electrons. The van der Waals surface area contributed by atoms with Crippen LogP contribution >= 0.6 is 0 Å². The van der Waals surface area contributed by atoms with Gasteiger partial charge in [-0.3, -0.25) is 0 Å². The summed E-state index contributed by atoms with van der Waals surface area (Å²) in [5.41, 5.74) is 0.160. The van der Waals surface area contributed by atoms with Crippen molar-refractivity contribution < 1.29 is 13.2 Å². The third-order valence-corrected chi connectivity index (χ3v) is 2.24. The third kappa shape index (κ3) is 8.97. The summed E-state index contributed by atoms with van der Waals surface area (Å²) in [6, 6.07) is 0.0987. The summed E-state index contributed by atoms with van der Waals surface area (Å²) in [5.74, 6) is 0. The Balaban J connectivity index is 3.84. The zero-order valence-corrected chi connectivity index (χ0v) is 10.8. The Morgan fingerprint density at radius 2 is 1.69 bits per heavy atom. The van der Waals surface area contributed by atoms with E-state index in [2.05, 4.69) is 31.0 Å². The van der Waals surface area contributed by atoms with Crippen LogP contribution in [0.5, 0.6) is 0 Å². The molecule has 0 aliphatic rings. The van der Waals surface area contributed by atoms with Gasteiger partial charge in [-0.2, -0.15) is 13.2 Å². The van der Waals surface area contributed by atoms with Crippen molar-refractivity contribution in [2.24, 2.45) is 5.41 Å². The zero-order valence-electron chi connectivity index (χ0n) is 10.8. The van der Waals surface area contributed by atoms with Gasteiger partial charge in [0, 0.05) is 19.1 Å². The van der Waals surface area contributed by atoms with E-state index in [1.807, 2.05) is 14.0 Å². The van der Waals surface area contributed by atoms with Gasteiger partial charge in [0.15, 0.2) is 0 Å². The summed E-state index contributed by atoms with van der Waals surface area (Å²) in [7, 11) is 1.94. The van der Waals surface area contributed by atoms with Crippen molar-refractivity contribution in [1.82, 2.24) is 10.2 Å². The highest BCUT2D eigenvalue weighted by atomic mass is 19.4. The van der Waals surface area contributed by atoms with Crippen LogP contribution in [-0.2, 0) is 0 Å². The molecule has 0 spiro atoms. The van der Waals surface area contributed by atoms with Gasteiger partial charge in [0.05, 0.1) is 6.54 Å².